The lowest BCUT2D eigenvalue weighted by Crippen LogP contribution is -2.50. The predicted octanol–water partition coefficient (Wildman–Crippen LogP) is 2.04. The van der Waals surface area contributed by atoms with Gasteiger partial charge in [0.2, 0.25) is 5.88 Å². The van der Waals surface area contributed by atoms with E-state index in [0.29, 0.717) is 6.42 Å². The van der Waals surface area contributed by atoms with Gasteiger partial charge in [0, 0.05) is 12.1 Å². The first-order valence-corrected chi connectivity index (χ1v) is 7.74. The fourth-order valence-corrected chi connectivity index (χ4v) is 3.70. The zero-order chi connectivity index (χ0) is 17.4. The summed E-state index contributed by atoms with van der Waals surface area (Å²) in [6.45, 7) is 0.924. The van der Waals surface area contributed by atoms with E-state index in [-0.39, 0.29) is 24.5 Å². The molecular weight excluding hydrogens is 327 g/mol. The van der Waals surface area contributed by atoms with Crippen LogP contribution in [-0.2, 0) is 15.7 Å². The van der Waals surface area contributed by atoms with Gasteiger partial charge in [0.15, 0.2) is 5.69 Å². The third-order valence-corrected chi connectivity index (χ3v) is 4.79. The number of carbonyl (C=O) groups is 1. The Morgan fingerprint density at radius 3 is 2.92 bits per heavy atom. The van der Waals surface area contributed by atoms with Crippen LogP contribution < -0.4 is 4.74 Å². The van der Waals surface area contributed by atoms with Crippen LogP contribution in [0, 0.1) is 0 Å². The molecule has 0 spiro atoms. The molecule has 0 aliphatic carbocycles. The molecule has 24 heavy (non-hydrogen) atoms. The number of alkyl halides is 3. The molecule has 2 aliphatic heterocycles. The number of carbonyl (C=O) groups excluding carboxylic acids is 1. The third kappa shape index (κ3) is 2.92. The van der Waals surface area contributed by atoms with Crippen LogP contribution in [0.1, 0.15) is 31.4 Å². The van der Waals surface area contributed by atoms with Crippen molar-refractivity contribution in [1.29, 1.82) is 0 Å². The summed E-state index contributed by atoms with van der Waals surface area (Å²) in [4.78, 5) is 21.1. The highest BCUT2D eigenvalue weighted by Crippen LogP contribution is 2.43. The molecule has 9 heteroatoms. The molecule has 0 N–H and O–H groups in total. The van der Waals surface area contributed by atoms with Crippen LogP contribution in [-0.4, -0.2) is 52.7 Å². The average Bonchev–Trinajstić information content (AvgIpc) is 3.12. The number of halogens is 3. The van der Waals surface area contributed by atoms with Crippen molar-refractivity contribution in [1.82, 2.24) is 14.9 Å². The van der Waals surface area contributed by atoms with Crippen molar-refractivity contribution in [2.45, 2.75) is 43.4 Å². The molecule has 0 radical (unpaired) electrons. The lowest BCUT2D eigenvalue weighted by Gasteiger charge is -2.32. The summed E-state index contributed by atoms with van der Waals surface area (Å²) in [5.41, 5.74) is -1.64. The maximum absolute atomic E-state index is 12.7. The Kier molecular flexibility index (Phi) is 4.37. The van der Waals surface area contributed by atoms with Crippen molar-refractivity contribution in [2.75, 3.05) is 20.3 Å². The van der Waals surface area contributed by atoms with Gasteiger partial charge in [-0.3, -0.25) is 9.69 Å². The maximum Gasteiger partial charge on any atom is 0.433 e. The van der Waals surface area contributed by atoms with Gasteiger partial charge in [-0.1, -0.05) is 0 Å². The van der Waals surface area contributed by atoms with E-state index in [1.54, 1.807) is 0 Å². The highest BCUT2D eigenvalue weighted by Gasteiger charge is 2.55. The number of aromatic nitrogens is 2. The van der Waals surface area contributed by atoms with Crippen LogP contribution in [0.2, 0.25) is 0 Å². The number of ether oxygens (including phenoxy) is 2. The fraction of sp³-hybridized carbons (Fsp3) is 0.667. The lowest BCUT2D eigenvalue weighted by molar-refractivity contribution is -0.152. The van der Waals surface area contributed by atoms with Gasteiger partial charge >= 0.3 is 12.1 Å². The molecule has 0 amide bonds. The fourth-order valence-electron chi connectivity index (χ4n) is 3.70. The molecular formula is C15H18F3N3O3. The summed E-state index contributed by atoms with van der Waals surface area (Å²) >= 11 is 0. The Labute approximate surface area is 137 Å². The minimum Gasteiger partial charge on any atom is -0.476 e. The Bertz CT molecular complexity index is 625. The monoisotopic (exact) mass is 345 g/mol. The molecule has 1 aromatic rings. The van der Waals surface area contributed by atoms with Crippen molar-refractivity contribution in [2.24, 2.45) is 0 Å². The summed E-state index contributed by atoms with van der Waals surface area (Å²) in [5.74, 6) is -0.365. The Morgan fingerprint density at radius 2 is 2.21 bits per heavy atom. The predicted molar refractivity (Wildman–Crippen MR) is 76.2 cm³/mol. The van der Waals surface area contributed by atoms with Gasteiger partial charge in [0.25, 0.3) is 0 Å². The number of methoxy groups -OCH3 is 1. The molecule has 3 heterocycles. The van der Waals surface area contributed by atoms with Crippen LogP contribution in [0.3, 0.4) is 0 Å². The summed E-state index contributed by atoms with van der Waals surface area (Å²) in [7, 11) is 1.37. The Morgan fingerprint density at radius 1 is 1.42 bits per heavy atom. The standard InChI is InChI=1S/C15H18F3N3O3/c1-23-13(22)14-4-2-6-21(14)10(3-5-14)8-24-12-7-11(15(16,17)18)19-9-20-12/h7,9-10H,2-6,8H2,1H3/t10-,14+/m0/s1. The Hall–Kier alpha value is -1.90. The molecule has 2 atom stereocenters. The number of esters is 1. The zero-order valence-corrected chi connectivity index (χ0v) is 13.2. The van der Waals surface area contributed by atoms with Crippen LogP contribution in [0.15, 0.2) is 12.4 Å². The van der Waals surface area contributed by atoms with Crippen LogP contribution in [0.4, 0.5) is 13.2 Å². The smallest absolute Gasteiger partial charge is 0.433 e. The number of fused-ring (bicyclic) bond motifs is 1. The zero-order valence-electron chi connectivity index (χ0n) is 13.2. The molecule has 6 nitrogen and oxygen atoms in total. The number of nitrogens with zero attached hydrogens (tertiary/aromatic N) is 3. The largest absolute Gasteiger partial charge is 0.476 e. The van der Waals surface area contributed by atoms with E-state index in [1.807, 2.05) is 0 Å². The molecule has 0 bridgehead atoms. The molecule has 0 unspecified atom stereocenters. The average molecular weight is 345 g/mol. The highest BCUT2D eigenvalue weighted by atomic mass is 19.4. The molecule has 3 rings (SSSR count). The van der Waals surface area contributed by atoms with Crippen molar-refractivity contribution in [3.05, 3.63) is 18.1 Å². The van der Waals surface area contributed by atoms with Gasteiger partial charge in [-0.25, -0.2) is 9.97 Å². The summed E-state index contributed by atoms with van der Waals surface area (Å²) < 4.78 is 48.4. The van der Waals surface area contributed by atoms with E-state index in [1.165, 1.54) is 7.11 Å². The van der Waals surface area contributed by atoms with Crippen molar-refractivity contribution in [3.63, 3.8) is 0 Å². The van der Waals surface area contributed by atoms with Crippen molar-refractivity contribution in [3.8, 4) is 5.88 Å². The first-order valence-electron chi connectivity index (χ1n) is 7.74. The molecule has 2 saturated heterocycles. The van der Waals surface area contributed by atoms with E-state index in [4.69, 9.17) is 9.47 Å². The third-order valence-electron chi connectivity index (χ3n) is 4.79. The lowest BCUT2D eigenvalue weighted by atomic mass is 9.94. The normalized spacial score (nSPS) is 27.1. The van der Waals surface area contributed by atoms with E-state index in [9.17, 15) is 18.0 Å². The van der Waals surface area contributed by atoms with E-state index >= 15 is 0 Å². The highest BCUT2D eigenvalue weighted by molar-refractivity contribution is 5.81. The maximum atomic E-state index is 12.7. The van der Waals surface area contributed by atoms with Gasteiger partial charge in [-0.05, 0) is 32.2 Å². The second-order valence-electron chi connectivity index (χ2n) is 6.06. The number of hydrogen-bond acceptors (Lipinski definition) is 6. The van der Waals surface area contributed by atoms with Crippen molar-refractivity contribution >= 4 is 5.97 Å². The second-order valence-corrected chi connectivity index (χ2v) is 6.06. The quantitative estimate of drug-likeness (QED) is 0.778. The summed E-state index contributed by atoms with van der Waals surface area (Å²) in [6.07, 6.45) is -0.679. The topological polar surface area (TPSA) is 64.5 Å². The molecule has 0 aromatic carbocycles. The van der Waals surface area contributed by atoms with E-state index in [2.05, 4.69) is 14.9 Å². The minimum atomic E-state index is -4.54. The molecule has 2 fully saturated rings. The number of hydrogen-bond donors (Lipinski definition) is 0. The first-order chi connectivity index (χ1) is 11.4. The van der Waals surface area contributed by atoms with Crippen LogP contribution in [0.5, 0.6) is 5.88 Å². The van der Waals surface area contributed by atoms with Crippen LogP contribution >= 0.6 is 0 Å². The molecule has 1 aromatic heterocycles. The van der Waals surface area contributed by atoms with Gasteiger partial charge in [0.1, 0.15) is 18.5 Å². The summed E-state index contributed by atoms with van der Waals surface area (Å²) in [6, 6.07) is 0.739. The van der Waals surface area contributed by atoms with Gasteiger partial charge < -0.3 is 9.47 Å². The molecule has 2 aliphatic rings. The second kappa shape index (κ2) is 6.19. The van der Waals surface area contributed by atoms with E-state index in [0.717, 1.165) is 38.2 Å². The van der Waals surface area contributed by atoms with Crippen molar-refractivity contribution < 1.29 is 27.4 Å². The van der Waals surface area contributed by atoms with Gasteiger partial charge in [-0.2, -0.15) is 13.2 Å². The van der Waals surface area contributed by atoms with Gasteiger partial charge in [-0.15, -0.1) is 0 Å². The SMILES string of the molecule is COC(=O)[C@]12CCCN1[C@H](COc1cc(C(F)(F)F)ncn1)CC2. The number of rotatable bonds is 4. The van der Waals surface area contributed by atoms with Crippen LogP contribution in [0.25, 0.3) is 0 Å². The van der Waals surface area contributed by atoms with E-state index < -0.39 is 17.4 Å². The molecule has 0 saturated carbocycles. The molecule has 132 valence electrons. The first kappa shape index (κ1) is 16.9. The van der Waals surface area contributed by atoms with Gasteiger partial charge in [0.05, 0.1) is 7.11 Å². The minimum absolute atomic E-state index is 0.0455. The Balaban J connectivity index is 1.67. The summed E-state index contributed by atoms with van der Waals surface area (Å²) in [5, 5.41) is 0.